The van der Waals surface area contributed by atoms with E-state index < -0.39 is 5.56 Å². The molecule has 0 aliphatic carbocycles. The molecular weight excluding hydrogens is 384 g/mol. The molecule has 0 saturated carbocycles. The van der Waals surface area contributed by atoms with Crippen LogP contribution in [0.3, 0.4) is 0 Å². The van der Waals surface area contributed by atoms with Gasteiger partial charge >= 0.3 is 0 Å². The topological polar surface area (TPSA) is 122 Å². The smallest absolute Gasteiger partial charge is 0.285 e. The number of hydrogen-bond donors (Lipinski definition) is 1. The molecule has 0 saturated heterocycles. The molecule has 146 valence electrons. The van der Waals surface area contributed by atoms with E-state index in [4.69, 9.17) is 9.15 Å². The number of oxazole rings is 1. The zero-order valence-corrected chi connectivity index (χ0v) is 16.0. The maximum atomic E-state index is 13.3. The third-order valence-electron chi connectivity index (χ3n) is 4.82. The molecule has 1 N–H and O–H groups in total. The predicted octanol–water partition coefficient (Wildman–Crippen LogP) is 3.08. The van der Waals surface area contributed by atoms with Gasteiger partial charge in [-0.25, -0.2) is 15.0 Å². The van der Waals surface area contributed by atoms with E-state index in [-0.39, 0.29) is 17.1 Å². The number of aromatic amines is 1. The fourth-order valence-corrected chi connectivity index (χ4v) is 3.47. The zero-order chi connectivity index (χ0) is 20.8. The maximum absolute atomic E-state index is 13.3. The fraction of sp³-hybridized carbons (Fsp3) is 0.0952. The van der Waals surface area contributed by atoms with Gasteiger partial charge in [-0.2, -0.15) is 9.78 Å². The van der Waals surface area contributed by atoms with Crippen LogP contribution < -0.4 is 10.3 Å². The van der Waals surface area contributed by atoms with E-state index in [1.54, 1.807) is 13.0 Å². The van der Waals surface area contributed by atoms with Crippen molar-refractivity contribution in [2.75, 3.05) is 7.11 Å². The van der Waals surface area contributed by atoms with Gasteiger partial charge in [0.1, 0.15) is 17.3 Å². The molecule has 0 aliphatic heterocycles. The van der Waals surface area contributed by atoms with Crippen molar-refractivity contribution < 1.29 is 9.15 Å². The highest BCUT2D eigenvalue weighted by molar-refractivity contribution is 5.84. The first-order chi connectivity index (χ1) is 14.6. The third-order valence-corrected chi connectivity index (χ3v) is 4.82. The van der Waals surface area contributed by atoms with Crippen molar-refractivity contribution in [3.8, 4) is 34.5 Å². The van der Waals surface area contributed by atoms with E-state index >= 15 is 0 Å². The van der Waals surface area contributed by atoms with Crippen LogP contribution in [0.2, 0.25) is 0 Å². The Bertz CT molecular complexity index is 1520. The molecule has 30 heavy (non-hydrogen) atoms. The van der Waals surface area contributed by atoms with Crippen LogP contribution in [0.4, 0.5) is 0 Å². The number of benzene rings is 1. The summed E-state index contributed by atoms with van der Waals surface area (Å²) in [4.78, 5) is 26.4. The monoisotopic (exact) mass is 398 g/mol. The lowest BCUT2D eigenvalue weighted by atomic mass is 10.1. The molecule has 0 unspecified atom stereocenters. The molecule has 0 amide bonds. The highest BCUT2D eigenvalue weighted by Gasteiger charge is 2.23. The summed E-state index contributed by atoms with van der Waals surface area (Å²) in [6.07, 6.45) is 1.54. The van der Waals surface area contributed by atoms with Crippen LogP contribution in [0.5, 0.6) is 5.88 Å². The fourth-order valence-electron chi connectivity index (χ4n) is 3.47. The Morgan fingerprint density at radius 1 is 1.17 bits per heavy atom. The molecule has 0 atom stereocenters. The van der Waals surface area contributed by atoms with E-state index in [9.17, 15) is 10.1 Å². The number of rotatable bonds is 3. The minimum absolute atomic E-state index is 0.107. The summed E-state index contributed by atoms with van der Waals surface area (Å²) in [5, 5.41) is 12.5. The Morgan fingerprint density at radius 3 is 2.70 bits per heavy atom. The molecule has 4 aromatic heterocycles. The zero-order valence-electron chi connectivity index (χ0n) is 16.0. The van der Waals surface area contributed by atoms with Crippen LogP contribution in [0.25, 0.3) is 39.3 Å². The second kappa shape index (κ2) is 6.56. The maximum Gasteiger partial charge on any atom is 0.285 e. The standard InChI is InChI=1S/C21H14N6O3/c1-11-15(19-25-17-14(30-19)8-9-23-20(17)29-2)21(28)27-18(24-11)16(13(10-22)26-27)12-6-4-3-5-7-12/h3-9,26H,1-2H3. The second-order valence-electron chi connectivity index (χ2n) is 6.56. The molecule has 9 nitrogen and oxygen atoms in total. The van der Waals surface area contributed by atoms with Crippen LogP contribution in [-0.2, 0) is 0 Å². The average molecular weight is 398 g/mol. The van der Waals surface area contributed by atoms with Gasteiger partial charge in [-0.05, 0) is 12.5 Å². The van der Waals surface area contributed by atoms with Gasteiger partial charge in [-0.3, -0.25) is 9.89 Å². The number of aromatic nitrogens is 5. The molecule has 5 aromatic rings. The minimum Gasteiger partial charge on any atom is -0.479 e. The summed E-state index contributed by atoms with van der Waals surface area (Å²) in [5.74, 6) is 0.405. The van der Waals surface area contributed by atoms with Crippen LogP contribution in [-0.4, -0.2) is 31.7 Å². The molecule has 0 bridgehead atoms. The van der Waals surface area contributed by atoms with Crippen molar-refractivity contribution in [3.63, 3.8) is 0 Å². The average Bonchev–Trinajstić information content (AvgIpc) is 3.35. The number of nitrogens with zero attached hydrogens (tertiary/aromatic N) is 5. The number of hydrogen-bond acceptors (Lipinski definition) is 7. The molecule has 0 aliphatic rings. The predicted molar refractivity (Wildman–Crippen MR) is 108 cm³/mol. The number of nitrogens with one attached hydrogen (secondary N) is 1. The molecule has 0 radical (unpaired) electrons. The van der Waals surface area contributed by atoms with Gasteiger partial charge in [0, 0.05) is 12.3 Å². The van der Waals surface area contributed by atoms with Crippen molar-refractivity contribution in [2.45, 2.75) is 6.92 Å². The Balaban J connectivity index is 1.80. The molecule has 4 heterocycles. The first-order valence-corrected chi connectivity index (χ1v) is 9.03. The van der Waals surface area contributed by atoms with E-state index in [0.29, 0.717) is 33.9 Å². The van der Waals surface area contributed by atoms with Crippen LogP contribution in [0.1, 0.15) is 11.4 Å². The summed E-state index contributed by atoms with van der Waals surface area (Å²) in [7, 11) is 1.48. The largest absolute Gasteiger partial charge is 0.479 e. The third kappa shape index (κ3) is 2.48. The number of methoxy groups -OCH3 is 1. The summed E-state index contributed by atoms with van der Waals surface area (Å²) < 4.78 is 12.3. The molecule has 0 spiro atoms. The summed E-state index contributed by atoms with van der Waals surface area (Å²) in [5.41, 5.74) is 3.00. The van der Waals surface area contributed by atoms with Crippen LogP contribution in [0, 0.1) is 18.3 Å². The molecule has 1 aromatic carbocycles. The first-order valence-electron chi connectivity index (χ1n) is 9.03. The SMILES string of the molecule is COc1nccc2oc(-c3c(C)nc4c(-c5ccccc5)c(C#N)[nH]n4c3=O)nc12. The Hall–Kier alpha value is -4.45. The number of pyridine rings is 1. The van der Waals surface area contributed by atoms with Gasteiger partial charge in [0.05, 0.1) is 18.4 Å². The minimum atomic E-state index is -0.422. The van der Waals surface area contributed by atoms with Crippen molar-refractivity contribution in [3.05, 3.63) is 64.3 Å². The van der Waals surface area contributed by atoms with Crippen molar-refractivity contribution in [1.29, 1.82) is 5.26 Å². The molecule has 9 heteroatoms. The number of fused-ring (bicyclic) bond motifs is 2. The number of H-pyrrole nitrogens is 1. The van der Waals surface area contributed by atoms with E-state index in [0.717, 1.165) is 5.56 Å². The number of ether oxygens (including phenoxy) is 1. The van der Waals surface area contributed by atoms with Crippen LogP contribution >= 0.6 is 0 Å². The van der Waals surface area contributed by atoms with Crippen molar-refractivity contribution in [2.24, 2.45) is 0 Å². The van der Waals surface area contributed by atoms with Crippen molar-refractivity contribution in [1.82, 2.24) is 24.6 Å². The van der Waals surface area contributed by atoms with Gasteiger partial charge in [-0.15, -0.1) is 0 Å². The molecule has 0 fully saturated rings. The summed E-state index contributed by atoms with van der Waals surface area (Å²) in [6.45, 7) is 1.70. The Kier molecular flexibility index (Phi) is 3.86. The lowest BCUT2D eigenvalue weighted by Crippen LogP contribution is -2.19. The summed E-state index contributed by atoms with van der Waals surface area (Å²) >= 11 is 0. The Morgan fingerprint density at radius 2 is 1.97 bits per heavy atom. The van der Waals surface area contributed by atoms with E-state index in [1.807, 2.05) is 30.3 Å². The number of nitriles is 1. The lowest BCUT2D eigenvalue weighted by molar-refractivity contribution is 0.402. The second-order valence-corrected chi connectivity index (χ2v) is 6.56. The summed E-state index contributed by atoms with van der Waals surface area (Å²) in [6, 6.07) is 13.1. The van der Waals surface area contributed by atoms with Gasteiger partial charge in [0.25, 0.3) is 5.56 Å². The first kappa shape index (κ1) is 17.6. The van der Waals surface area contributed by atoms with E-state index in [1.165, 1.54) is 17.8 Å². The molecular formula is C21H14N6O3. The number of aryl methyl sites for hydroxylation is 1. The van der Waals surface area contributed by atoms with Gasteiger partial charge in [0.15, 0.2) is 16.7 Å². The lowest BCUT2D eigenvalue weighted by Gasteiger charge is -2.03. The molecule has 5 rings (SSSR count). The normalized spacial score (nSPS) is 11.1. The van der Waals surface area contributed by atoms with Gasteiger partial charge in [-0.1, -0.05) is 30.3 Å². The van der Waals surface area contributed by atoms with Crippen LogP contribution in [0.15, 0.2) is 51.8 Å². The van der Waals surface area contributed by atoms with Crippen molar-refractivity contribution >= 4 is 16.7 Å². The van der Waals surface area contributed by atoms with E-state index in [2.05, 4.69) is 26.1 Å². The van der Waals surface area contributed by atoms with Gasteiger partial charge < -0.3 is 9.15 Å². The Labute approximate surface area is 169 Å². The highest BCUT2D eigenvalue weighted by Crippen LogP contribution is 2.30. The van der Waals surface area contributed by atoms with Gasteiger partial charge in [0.2, 0.25) is 11.8 Å². The quantitative estimate of drug-likeness (QED) is 0.495. The highest BCUT2D eigenvalue weighted by atomic mass is 16.5.